The van der Waals surface area contributed by atoms with Crippen LogP contribution < -0.4 is 5.56 Å². The van der Waals surface area contributed by atoms with E-state index in [0.717, 1.165) is 42.5 Å². The lowest BCUT2D eigenvalue weighted by atomic mass is 10.0. The summed E-state index contributed by atoms with van der Waals surface area (Å²) in [7, 11) is 0. The quantitative estimate of drug-likeness (QED) is 0.331. The fourth-order valence-electron chi connectivity index (χ4n) is 4.40. The number of fused-ring (bicyclic) bond motifs is 3. The van der Waals surface area contributed by atoms with E-state index in [1.807, 2.05) is 42.5 Å². The molecule has 0 saturated carbocycles. The minimum absolute atomic E-state index is 0.0646. The number of nitrogens with zero attached hydrogens (tertiary/aromatic N) is 3. The molecule has 0 aliphatic heterocycles. The summed E-state index contributed by atoms with van der Waals surface area (Å²) in [4.78, 5) is 18.1. The predicted octanol–water partition coefficient (Wildman–Crippen LogP) is 5.61. The summed E-state index contributed by atoms with van der Waals surface area (Å²) in [5.41, 5.74) is 4.42. The smallest absolute Gasteiger partial charge is 0.268 e. The van der Waals surface area contributed by atoms with Crippen molar-refractivity contribution in [1.29, 1.82) is 0 Å². The number of pyridine rings is 2. The molecule has 0 bridgehead atoms. The molecule has 5 aromatic rings. The van der Waals surface area contributed by atoms with E-state index >= 15 is 0 Å². The highest BCUT2D eigenvalue weighted by molar-refractivity contribution is 6.03. The molecule has 0 saturated heterocycles. The van der Waals surface area contributed by atoms with Crippen molar-refractivity contribution in [3.05, 3.63) is 101 Å². The second-order valence-electron chi connectivity index (χ2n) is 8.18. The van der Waals surface area contributed by atoms with Crippen LogP contribution in [-0.4, -0.2) is 19.7 Å². The van der Waals surface area contributed by atoms with Crippen LogP contribution in [-0.2, 0) is 12.8 Å². The first kappa shape index (κ1) is 20.2. The maximum absolute atomic E-state index is 13.6. The van der Waals surface area contributed by atoms with Gasteiger partial charge in [0, 0.05) is 17.3 Å². The van der Waals surface area contributed by atoms with Gasteiger partial charge in [0.1, 0.15) is 11.2 Å². The standard InChI is InChI=1S/C27H26N4O/c32-27-24-23(18-10-2-1-5-12-20-13-6-3-7-14-20)29-30-25(24)22-17-11-19-28-26(22)31(27)21-15-8-4-9-16-21/h3-4,6-9,11,13-17,19H,1-2,5,10,12,18H2,(H,29,30). The molecular formula is C27H26N4O. The maximum Gasteiger partial charge on any atom is 0.268 e. The first-order chi connectivity index (χ1) is 15.8. The number of unbranched alkanes of at least 4 members (excludes halogenated alkanes) is 3. The molecule has 5 nitrogen and oxygen atoms in total. The van der Waals surface area contributed by atoms with Gasteiger partial charge in [-0.2, -0.15) is 5.10 Å². The summed E-state index contributed by atoms with van der Waals surface area (Å²) in [6.45, 7) is 0. The fraction of sp³-hybridized carbons (Fsp3) is 0.222. The van der Waals surface area contributed by atoms with Crippen molar-refractivity contribution in [2.45, 2.75) is 38.5 Å². The van der Waals surface area contributed by atoms with Crippen LogP contribution in [0, 0.1) is 0 Å². The van der Waals surface area contributed by atoms with E-state index < -0.39 is 0 Å². The molecule has 3 heterocycles. The Morgan fingerprint density at radius 3 is 2.28 bits per heavy atom. The minimum atomic E-state index is -0.0646. The van der Waals surface area contributed by atoms with Crippen molar-refractivity contribution < 1.29 is 0 Å². The van der Waals surface area contributed by atoms with Gasteiger partial charge in [0.25, 0.3) is 5.56 Å². The van der Waals surface area contributed by atoms with Crippen LogP contribution >= 0.6 is 0 Å². The van der Waals surface area contributed by atoms with Crippen molar-refractivity contribution in [2.75, 3.05) is 0 Å². The summed E-state index contributed by atoms with van der Waals surface area (Å²) in [5, 5.41) is 9.23. The van der Waals surface area contributed by atoms with E-state index in [1.54, 1.807) is 10.8 Å². The molecule has 0 unspecified atom stereocenters. The molecule has 5 rings (SSSR count). The fourth-order valence-corrected chi connectivity index (χ4v) is 4.40. The number of benzene rings is 2. The summed E-state index contributed by atoms with van der Waals surface area (Å²) in [6, 6.07) is 24.2. The Kier molecular flexibility index (Phi) is 5.79. The lowest BCUT2D eigenvalue weighted by Gasteiger charge is -2.10. The zero-order chi connectivity index (χ0) is 21.8. The van der Waals surface area contributed by atoms with Crippen molar-refractivity contribution >= 4 is 21.9 Å². The second-order valence-corrected chi connectivity index (χ2v) is 8.18. The third-order valence-corrected chi connectivity index (χ3v) is 6.01. The van der Waals surface area contributed by atoms with Gasteiger partial charge in [-0.1, -0.05) is 61.4 Å². The monoisotopic (exact) mass is 422 g/mol. The molecular weight excluding hydrogens is 396 g/mol. The molecule has 0 atom stereocenters. The topological polar surface area (TPSA) is 63.6 Å². The number of aromatic nitrogens is 4. The van der Waals surface area contributed by atoms with Gasteiger partial charge in [0.2, 0.25) is 0 Å². The summed E-state index contributed by atoms with van der Waals surface area (Å²) >= 11 is 0. The molecule has 160 valence electrons. The van der Waals surface area contributed by atoms with Gasteiger partial charge < -0.3 is 0 Å². The highest BCUT2D eigenvalue weighted by atomic mass is 16.1. The largest absolute Gasteiger partial charge is 0.281 e. The van der Waals surface area contributed by atoms with Crippen LogP contribution in [0.3, 0.4) is 0 Å². The van der Waals surface area contributed by atoms with Crippen molar-refractivity contribution in [3.8, 4) is 5.69 Å². The Bertz CT molecular complexity index is 1390. The maximum atomic E-state index is 13.6. The normalized spacial score (nSPS) is 11.4. The van der Waals surface area contributed by atoms with Gasteiger partial charge in [-0.05, 0) is 55.5 Å². The van der Waals surface area contributed by atoms with E-state index in [2.05, 4.69) is 45.5 Å². The second kappa shape index (κ2) is 9.18. The number of para-hydroxylation sites is 1. The summed E-state index contributed by atoms with van der Waals surface area (Å²) in [5.74, 6) is 0. The van der Waals surface area contributed by atoms with Crippen molar-refractivity contribution in [3.63, 3.8) is 0 Å². The van der Waals surface area contributed by atoms with Crippen LogP contribution in [0.15, 0.2) is 83.8 Å². The molecule has 5 heteroatoms. The molecule has 0 aliphatic rings. The van der Waals surface area contributed by atoms with E-state index in [9.17, 15) is 4.79 Å². The van der Waals surface area contributed by atoms with Crippen LogP contribution in [0.25, 0.3) is 27.6 Å². The molecule has 0 fully saturated rings. The molecule has 0 amide bonds. The van der Waals surface area contributed by atoms with Crippen LogP contribution in [0.5, 0.6) is 0 Å². The zero-order valence-electron chi connectivity index (χ0n) is 18.0. The first-order valence-corrected chi connectivity index (χ1v) is 11.3. The molecule has 32 heavy (non-hydrogen) atoms. The van der Waals surface area contributed by atoms with E-state index in [-0.39, 0.29) is 5.56 Å². The third kappa shape index (κ3) is 3.94. The van der Waals surface area contributed by atoms with Gasteiger partial charge >= 0.3 is 0 Å². The van der Waals surface area contributed by atoms with Crippen LogP contribution in [0.1, 0.15) is 36.9 Å². The Morgan fingerprint density at radius 1 is 0.781 bits per heavy atom. The number of hydrogen-bond acceptors (Lipinski definition) is 3. The van der Waals surface area contributed by atoms with Crippen LogP contribution in [0.4, 0.5) is 0 Å². The average molecular weight is 423 g/mol. The average Bonchev–Trinajstić information content (AvgIpc) is 3.27. The molecule has 0 radical (unpaired) electrons. The van der Waals surface area contributed by atoms with Crippen LogP contribution in [0.2, 0.25) is 0 Å². The Morgan fingerprint density at radius 2 is 1.50 bits per heavy atom. The molecule has 1 N–H and O–H groups in total. The highest BCUT2D eigenvalue weighted by Crippen LogP contribution is 2.24. The van der Waals surface area contributed by atoms with Gasteiger partial charge in [-0.15, -0.1) is 0 Å². The summed E-state index contributed by atoms with van der Waals surface area (Å²) < 4.78 is 1.70. The van der Waals surface area contributed by atoms with Gasteiger partial charge in [-0.3, -0.25) is 14.5 Å². The Hall–Kier alpha value is -3.73. The number of aryl methyl sites for hydroxylation is 2. The lowest BCUT2D eigenvalue weighted by molar-refractivity contribution is 0.636. The summed E-state index contributed by atoms with van der Waals surface area (Å²) in [6.07, 6.45) is 8.19. The molecule has 3 aromatic heterocycles. The molecule has 0 aliphatic carbocycles. The molecule has 0 spiro atoms. The lowest BCUT2D eigenvalue weighted by Crippen LogP contribution is -2.20. The SMILES string of the molecule is O=c1c2c(CCCCCCc3ccccc3)[nH]nc2c2cccnc2n1-c1ccccc1. The number of aromatic amines is 1. The van der Waals surface area contributed by atoms with Crippen molar-refractivity contribution in [2.24, 2.45) is 0 Å². The van der Waals surface area contributed by atoms with Crippen molar-refractivity contribution in [1.82, 2.24) is 19.7 Å². The minimum Gasteiger partial charge on any atom is -0.281 e. The highest BCUT2D eigenvalue weighted by Gasteiger charge is 2.18. The van der Waals surface area contributed by atoms with Gasteiger partial charge in [-0.25, -0.2) is 4.98 Å². The Balaban J connectivity index is 1.38. The van der Waals surface area contributed by atoms with Gasteiger partial charge in [0.15, 0.2) is 0 Å². The first-order valence-electron chi connectivity index (χ1n) is 11.3. The van der Waals surface area contributed by atoms with E-state index in [4.69, 9.17) is 0 Å². The van der Waals surface area contributed by atoms with Gasteiger partial charge in [0.05, 0.1) is 11.1 Å². The third-order valence-electron chi connectivity index (χ3n) is 6.01. The zero-order valence-corrected chi connectivity index (χ0v) is 18.0. The number of nitrogens with one attached hydrogen (secondary N) is 1. The number of hydrogen-bond donors (Lipinski definition) is 1. The van der Waals surface area contributed by atoms with E-state index in [1.165, 1.54) is 18.4 Å². The number of rotatable bonds is 8. The Labute approximate surface area is 186 Å². The predicted molar refractivity (Wildman–Crippen MR) is 129 cm³/mol. The number of H-pyrrole nitrogens is 1. The molecule has 2 aromatic carbocycles. The van der Waals surface area contributed by atoms with E-state index in [0.29, 0.717) is 16.6 Å².